The van der Waals surface area contributed by atoms with Crippen LogP contribution in [0, 0.1) is 11.3 Å². The van der Waals surface area contributed by atoms with E-state index in [1.807, 2.05) is 37.1 Å². The van der Waals surface area contributed by atoms with Crippen molar-refractivity contribution in [3.63, 3.8) is 0 Å². The first-order valence-electron chi connectivity index (χ1n) is 7.92. The van der Waals surface area contributed by atoms with Gasteiger partial charge in [0.1, 0.15) is 5.01 Å². The molecule has 0 bridgehead atoms. The van der Waals surface area contributed by atoms with Crippen molar-refractivity contribution in [2.45, 2.75) is 13.0 Å². The molecule has 126 valence electrons. The molecule has 3 aromatic rings. The number of benzene rings is 2. The number of anilines is 1. The molecule has 0 fully saturated rings. The maximum absolute atomic E-state index is 12.3. The summed E-state index contributed by atoms with van der Waals surface area (Å²) in [4.78, 5) is 18.9. The number of hydrogen-bond donors (Lipinski definition) is 1. The molecular weight excluding hydrogens is 332 g/mol. The zero-order chi connectivity index (χ0) is 17.8. The molecule has 0 aliphatic heterocycles. The molecule has 0 saturated heterocycles. The average molecular weight is 350 g/mol. The highest BCUT2D eigenvalue weighted by atomic mass is 32.1. The van der Waals surface area contributed by atoms with Crippen LogP contribution in [0.5, 0.6) is 0 Å². The summed E-state index contributed by atoms with van der Waals surface area (Å²) >= 11 is 1.65. The Morgan fingerprint density at radius 3 is 2.88 bits per heavy atom. The van der Waals surface area contributed by atoms with Gasteiger partial charge >= 0.3 is 0 Å². The molecule has 0 spiro atoms. The summed E-state index contributed by atoms with van der Waals surface area (Å²) in [6, 6.07) is 17.0. The Balaban J connectivity index is 1.65. The Morgan fingerprint density at radius 2 is 2.12 bits per heavy atom. The van der Waals surface area contributed by atoms with Crippen LogP contribution < -0.4 is 5.32 Å². The van der Waals surface area contributed by atoms with E-state index in [9.17, 15) is 4.79 Å². The van der Waals surface area contributed by atoms with Gasteiger partial charge in [-0.15, -0.1) is 11.3 Å². The number of fused-ring (bicyclic) bond motifs is 1. The zero-order valence-electron chi connectivity index (χ0n) is 14.1. The second-order valence-corrected chi connectivity index (χ2v) is 6.91. The fourth-order valence-corrected chi connectivity index (χ4v) is 3.57. The number of nitriles is 1. The molecule has 3 rings (SSSR count). The average Bonchev–Trinajstić information content (AvgIpc) is 3.05. The summed E-state index contributed by atoms with van der Waals surface area (Å²) < 4.78 is 1.15. The number of amides is 1. The van der Waals surface area contributed by atoms with Gasteiger partial charge in [-0.3, -0.25) is 9.69 Å². The minimum absolute atomic E-state index is 0.0357. The van der Waals surface area contributed by atoms with Crippen molar-refractivity contribution in [1.82, 2.24) is 9.88 Å². The predicted octanol–water partition coefficient (Wildman–Crippen LogP) is 3.80. The number of nitrogens with one attached hydrogen (secondary N) is 1. The molecule has 1 amide bonds. The Bertz CT molecular complexity index is 911. The minimum atomic E-state index is -0.120. The maximum atomic E-state index is 12.3. The number of rotatable bonds is 5. The third-order valence-electron chi connectivity index (χ3n) is 4.00. The second-order valence-electron chi connectivity index (χ2n) is 5.85. The lowest BCUT2D eigenvalue weighted by molar-refractivity contribution is -0.117. The molecule has 5 nitrogen and oxygen atoms in total. The van der Waals surface area contributed by atoms with Crippen molar-refractivity contribution in [2.24, 2.45) is 0 Å². The van der Waals surface area contributed by atoms with E-state index in [1.165, 1.54) is 0 Å². The Labute approximate surface area is 150 Å². The number of nitrogens with zero attached hydrogens (tertiary/aromatic N) is 3. The summed E-state index contributed by atoms with van der Waals surface area (Å²) in [5.41, 5.74) is 2.14. The lowest BCUT2D eigenvalue weighted by Gasteiger charge is -2.22. The van der Waals surface area contributed by atoms with Crippen LogP contribution in [0.15, 0.2) is 48.5 Å². The van der Waals surface area contributed by atoms with E-state index in [0.717, 1.165) is 15.2 Å². The third-order valence-corrected chi connectivity index (χ3v) is 5.20. The molecule has 1 N–H and O–H groups in total. The van der Waals surface area contributed by atoms with Gasteiger partial charge in [-0.25, -0.2) is 4.98 Å². The number of para-hydroxylation sites is 1. The van der Waals surface area contributed by atoms with Crippen molar-refractivity contribution in [1.29, 1.82) is 5.26 Å². The van der Waals surface area contributed by atoms with Crippen molar-refractivity contribution >= 4 is 33.1 Å². The predicted molar refractivity (Wildman–Crippen MR) is 100 cm³/mol. The first kappa shape index (κ1) is 17.1. The van der Waals surface area contributed by atoms with Crippen molar-refractivity contribution in [2.75, 3.05) is 18.9 Å². The summed E-state index contributed by atoms with van der Waals surface area (Å²) in [7, 11) is 1.90. The summed E-state index contributed by atoms with van der Waals surface area (Å²) in [6.07, 6.45) is 0. The van der Waals surface area contributed by atoms with Gasteiger partial charge in [0.2, 0.25) is 5.91 Å². The third kappa shape index (κ3) is 4.02. The molecular formula is C19H18N4OS. The molecule has 0 aliphatic carbocycles. The van der Waals surface area contributed by atoms with Crippen LogP contribution in [-0.2, 0) is 4.79 Å². The van der Waals surface area contributed by atoms with Crippen molar-refractivity contribution in [3.05, 3.63) is 59.1 Å². The van der Waals surface area contributed by atoms with Crippen LogP contribution >= 0.6 is 11.3 Å². The molecule has 0 unspecified atom stereocenters. The summed E-state index contributed by atoms with van der Waals surface area (Å²) in [5, 5.41) is 12.7. The van der Waals surface area contributed by atoms with Crippen LogP contribution in [0.1, 0.15) is 23.5 Å². The number of likely N-dealkylation sites (N-methyl/N-ethyl adjacent to an activating group) is 1. The standard InChI is InChI=1S/C19H18N4OS/c1-13(19-22-16-8-3-4-9-17(16)25-19)23(2)12-18(24)21-15-7-5-6-14(10-15)11-20/h3-10,13H,12H2,1-2H3,(H,21,24)/t13-/m0/s1. The monoisotopic (exact) mass is 350 g/mol. The van der Waals surface area contributed by atoms with Gasteiger partial charge in [0, 0.05) is 5.69 Å². The molecule has 0 aliphatic rings. The molecule has 6 heteroatoms. The Kier molecular flexibility index (Phi) is 5.08. The van der Waals surface area contributed by atoms with Crippen LogP contribution in [0.25, 0.3) is 10.2 Å². The lowest BCUT2D eigenvalue weighted by Crippen LogP contribution is -2.32. The van der Waals surface area contributed by atoms with E-state index in [-0.39, 0.29) is 18.5 Å². The molecule has 2 aromatic carbocycles. The van der Waals surface area contributed by atoms with E-state index in [2.05, 4.69) is 22.4 Å². The topological polar surface area (TPSA) is 69.0 Å². The molecule has 1 atom stereocenters. The van der Waals surface area contributed by atoms with E-state index in [1.54, 1.807) is 35.6 Å². The molecule has 25 heavy (non-hydrogen) atoms. The highest BCUT2D eigenvalue weighted by Gasteiger charge is 2.18. The first-order chi connectivity index (χ1) is 12.1. The zero-order valence-corrected chi connectivity index (χ0v) is 14.9. The number of carbonyl (C=O) groups excluding carboxylic acids is 1. The normalized spacial score (nSPS) is 12.1. The van der Waals surface area contributed by atoms with Crippen LogP contribution in [0.2, 0.25) is 0 Å². The Morgan fingerprint density at radius 1 is 1.32 bits per heavy atom. The summed E-state index contributed by atoms with van der Waals surface area (Å²) in [5.74, 6) is -0.120. The van der Waals surface area contributed by atoms with Crippen LogP contribution in [-0.4, -0.2) is 29.4 Å². The minimum Gasteiger partial charge on any atom is -0.325 e. The SMILES string of the molecule is C[C@@H](c1nc2ccccc2s1)N(C)CC(=O)Nc1cccc(C#N)c1. The Hall–Kier alpha value is -2.75. The van der Waals surface area contributed by atoms with E-state index in [0.29, 0.717) is 11.3 Å². The van der Waals surface area contributed by atoms with Gasteiger partial charge in [0.25, 0.3) is 0 Å². The number of hydrogen-bond acceptors (Lipinski definition) is 5. The molecule has 0 saturated carbocycles. The second kappa shape index (κ2) is 7.43. The lowest BCUT2D eigenvalue weighted by atomic mass is 10.2. The number of thiazole rings is 1. The fourth-order valence-electron chi connectivity index (χ4n) is 2.49. The first-order valence-corrected chi connectivity index (χ1v) is 8.74. The van der Waals surface area contributed by atoms with Gasteiger partial charge in [-0.1, -0.05) is 18.2 Å². The fraction of sp³-hybridized carbons (Fsp3) is 0.211. The summed E-state index contributed by atoms with van der Waals surface area (Å²) in [6.45, 7) is 2.29. The molecule has 1 aromatic heterocycles. The highest BCUT2D eigenvalue weighted by molar-refractivity contribution is 7.18. The highest BCUT2D eigenvalue weighted by Crippen LogP contribution is 2.28. The largest absolute Gasteiger partial charge is 0.325 e. The van der Waals surface area contributed by atoms with Gasteiger partial charge < -0.3 is 5.32 Å². The van der Waals surface area contributed by atoms with Crippen LogP contribution in [0.3, 0.4) is 0 Å². The van der Waals surface area contributed by atoms with E-state index < -0.39 is 0 Å². The number of aromatic nitrogens is 1. The van der Waals surface area contributed by atoms with E-state index >= 15 is 0 Å². The van der Waals surface area contributed by atoms with Crippen LogP contribution in [0.4, 0.5) is 5.69 Å². The van der Waals surface area contributed by atoms with Crippen molar-refractivity contribution in [3.8, 4) is 6.07 Å². The quantitative estimate of drug-likeness (QED) is 0.760. The van der Waals surface area contributed by atoms with Gasteiger partial charge in [0.15, 0.2) is 0 Å². The van der Waals surface area contributed by atoms with E-state index in [4.69, 9.17) is 5.26 Å². The van der Waals surface area contributed by atoms with Gasteiger partial charge in [0.05, 0.1) is 34.4 Å². The number of carbonyl (C=O) groups is 1. The van der Waals surface area contributed by atoms with Gasteiger partial charge in [-0.2, -0.15) is 5.26 Å². The molecule has 1 heterocycles. The van der Waals surface area contributed by atoms with Gasteiger partial charge in [-0.05, 0) is 44.3 Å². The molecule has 0 radical (unpaired) electrons. The smallest absolute Gasteiger partial charge is 0.238 e. The van der Waals surface area contributed by atoms with Crippen molar-refractivity contribution < 1.29 is 4.79 Å². The maximum Gasteiger partial charge on any atom is 0.238 e.